The zero-order valence-corrected chi connectivity index (χ0v) is 21.5. The molecular weight excluding hydrogens is 552 g/mol. The highest BCUT2D eigenvalue weighted by atomic mass is 35.5. The average Bonchev–Trinajstić information content (AvgIpc) is 2.72. The molecule has 12 nitrogen and oxygen atoms in total. The van der Waals surface area contributed by atoms with Crippen LogP contribution >= 0.6 is 30.8 Å². The number of nitrogens with two attached hydrogens (primary N) is 2. The maximum absolute atomic E-state index is 14.3. The first kappa shape index (κ1) is 33.4. The number of carbonyl (C=O) groups is 2. The average molecular weight is 577 g/mol. The van der Waals surface area contributed by atoms with Crippen molar-refractivity contribution in [2.45, 2.75) is 19.9 Å². The minimum atomic E-state index is -4.10. The molecule has 1 heterocycles. The van der Waals surface area contributed by atoms with Gasteiger partial charge in [0.25, 0.3) is 0 Å². The van der Waals surface area contributed by atoms with Crippen molar-refractivity contribution >= 4 is 48.4 Å². The van der Waals surface area contributed by atoms with Crippen LogP contribution in [-0.4, -0.2) is 62.9 Å². The number of carboxylic acid groups (broad SMARTS) is 2. The van der Waals surface area contributed by atoms with Crippen LogP contribution in [0.2, 0.25) is 10.0 Å². The molecule has 36 heavy (non-hydrogen) atoms. The third kappa shape index (κ3) is 11.0. The van der Waals surface area contributed by atoms with Crippen LogP contribution in [-0.2, 0) is 9.36 Å². The molecule has 0 aliphatic heterocycles. The molecule has 1 aromatic carbocycles. The topological polar surface area (TPSA) is 218 Å². The van der Waals surface area contributed by atoms with Crippen molar-refractivity contribution in [2.75, 3.05) is 25.7 Å². The lowest BCUT2D eigenvalue weighted by Gasteiger charge is -2.12. The van der Waals surface area contributed by atoms with Gasteiger partial charge in [-0.1, -0.05) is 37.0 Å². The molecule has 9 N–H and O–H groups in total. The highest BCUT2D eigenvalue weighted by Crippen LogP contribution is 2.38. The SMILES string of the molecule is CC(C)N.COc1c(Cl)ccc(-c2nc(C(=O)O)c(Cl)c(N)c2F)c1F.O=C(O)CNCP(=O)(O)O. The molecule has 0 aliphatic rings. The van der Waals surface area contributed by atoms with Crippen molar-refractivity contribution in [3.05, 3.63) is 39.5 Å². The number of aliphatic carboxylic acids is 1. The Kier molecular flexibility index (Phi) is 13.8. The Morgan fingerprint density at radius 1 is 1.19 bits per heavy atom. The van der Waals surface area contributed by atoms with Gasteiger partial charge in [0.1, 0.15) is 5.69 Å². The molecule has 0 atom stereocenters. The number of pyridine rings is 1. The molecule has 2 aromatic rings. The summed E-state index contributed by atoms with van der Waals surface area (Å²) in [5, 5.41) is 18.5. The second-order valence-electron chi connectivity index (χ2n) is 6.99. The molecule has 0 spiro atoms. The summed E-state index contributed by atoms with van der Waals surface area (Å²) < 4.78 is 43.4. The van der Waals surface area contributed by atoms with Crippen LogP contribution in [0.5, 0.6) is 5.75 Å². The molecular formula is C19H25Cl2F2N4O8P. The maximum atomic E-state index is 14.3. The number of hydrogen-bond donors (Lipinski definition) is 7. The zero-order valence-electron chi connectivity index (χ0n) is 19.1. The molecule has 0 saturated carbocycles. The quantitative estimate of drug-likeness (QED) is 0.236. The van der Waals surface area contributed by atoms with Crippen molar-refractivity contribution in [3.63, 3.8) is 0 Å². The van der Waals surface area contributed by atoms with Crippen LogP contribution in [0, 0.1) is 11.6 Å². The number of ether oxygens (including phenoxy) is 1. The monoisotopic (exact) mass is 576 g/mol. The van der Waals surface area contributed by atoms with E-state index in [0.717, 1.165) is 6.07 Å². The second kappa shape index (κ2) is 14.9. The Morgan fingerprint density at radius 2 is 1.72 bits per heavy atom. The van der Waals surface area contributed by atoms with Crippen molar-refractivity contribution in [1.29, 1.82) is 0 Å². The number of nitrogens with one attached hydrogen (secondary N) is 1. The maximum Gasteiger partial charge on any atom is 0.356 e. The van der Waals surface area contributed by atoms with Crippen molar-refractivity contribution in [3.8, 4) is 17.0 Å². The van der Waals surface area contributed by atoms with Gasteiger partial charge in [0.05, 0.1) is 35.7 Å². The van der Waals surface area contributed by atoms with Gasteiger partial charge in [-0.3, -0.25) is 14.7 Å². The number of halogens is 4. The minimum Gasteiger partial charge on any atom is -0.492 e. The first-order valence-electron chi connectivity index (χ1n) is 9.57. The van der Waals surface area contributed by atoms with Gasteiger partial charge in [-0.2, -0.15) is 0 Å². The first-order chi connectivity index (χ1) is 16.4. The van der Waals surface area contributed by atoms with Gasteiger partial charge < -0.3 is 36.2 Å². The molecule has 0 amide bonds. The van der Waals surface area contributed by atoms with Gasteiger partial charge in [0.15, 0.2) is 23.1 Å². The van der Waals surface area contributed by atoms with E-state index in [9.17, 15) is 22.9 Å². The minimum absolute atomic E-state index is 0.0375. The molecule has 0 saturated heterocycles. The van der Waals surface area contributed by atoms with Crippen molar-refractivity contribution < 1.29 is 47.7 Å². The number of aromatic carboxylic acids is 1. The summed E-state index contributed by atoms with van der Waals surface area (Å²) in [4.78, 5) is 40.8. The number of carboxylic acids is 2. The molecule has 1 aromatic heterocycles. The molecule has 0 unspecified atom stereocenters. The summed E-state index contributed by atoms with van der Waals surface area (Å²) in [7, 11) is -2.92. The Labute approximate surface area is 214 Å². The number of nitrogens with zero attached hydrogens (tertiary/aromatic N) is 1. The molecule has 17 heteroatoms. The van der Waals surface area contributed by atoms with E-state index in [1.54, 1.807) is 0 Å². The van der Waals surface area contributed by atoms with Gasteiger partial charge in [-0.15, -0.1) is 0 Å². The Morgan fingerprint density at radius 3 is 2.14 bits per heavy atom. The third-order valence-electron chi connectivity index (χ3n) is 3.42. The van der Waals surface area contributed by atoms with Gasteiger partial charge in [0, 0.05) is 5.56 Å². The molecule has 0 fully saturated rings. The van der Waals surface area contributed by atoms with Gasteiger partial charge in [0.2, 0.25) is 0 Å². The molecule has 0 bridgehead atoms. The second-order valence-corrected chi connectivity index (χ2v) is 9.42. The number of anilines is 1. The van der Waals surface area contributed by atoms with Crippen molar-refractivity contribution in [2.24, 2.45) is 5.73 Å². The fraction of sp³-hybridized carbons (Fsp3) is 0.316. The van der Waals surface area contributed by atoms with Crippen molar-refractivity contribution in [1.82, 2.24) is 10.3 Å². The summed E-state index contributed by atoms with van der Waals surface area (Å²) >= 11 is 11.4. The summed E-state index contributed by atoms with van der Waals surface area (Å²) in [6.45, 7) is 3.45. The van der Waals surface area contributed by atoms with E-state index >= 15 is 0 Å². The first-order valence-corrected chi connectivity index (χ1v) is 12.1. The van der Waals surface area contributed by atoms with E-state index in [0.29, 0.717) is 6.04 Å². The molecule has 2 rings (SSSR count). The predicted molar refractivity (Wildman–Crippen MR) is 129 cm³/mol. The molecule has 202 valence electrons. The largest absolute Gasteiger partial charge is 0.492 e. The lowest BCUT2D eigenvalue weighted by Crippen LogP contribution is -2.23. The summed E-state index contributed by atoms with van der Waals surface area (Å²) in [5.41, 5.74) is 8.24. The van der Waals surface area contributed by atoms with Gasteiger partial charge in [-0.05, 0) is 18.2 Å². The van der Waals surface area contributed by atoms with E-state index in [4.69, 9.17) is 59.4 Å². The highest BCUT2D eigenvalue weighted by Gasteiger charge is 2.25. The summed E-state index contributed by atoms with van der Waals surface area (Å²) in [6, 6.07) is 2.72. The van der Waals surface area contributed by atoms with Crippen LogP contribution in [0.15, 0.2) is 12.1 Å². The smallest absolute Gasteiger partial charge is 0.356 e. The number of rotatable bonds is 7. The molecule has 0 aliphatic carbocycles. The zero-order chi connectivity index (χ0) is 28.4. The summed E-state index contributed by atoms with van der Waals surface area (Å²) in [5.74, 6) is -5.14. The standard InChI is InChI=1S/C13H8Cl2F2N2O3.C3H8NO5P.C3H9N/c1-22-12-5(14)3-2-4(7(12)16)10-8(17)9(18)6(15)11(19-10)13(20)21;5-3(6)1-4-2-10(7,8)9;1-3(2)4/h2-3H,1H3,(H2,18,19)(H,20,21);4H,1-2H2,(H,5,6)(H2,7,8,9);3H,4H2,1-2H3. The molecule has 0 radical (unpaired) electrons. The van der Waals surface area contributed by atoms with Crippen LogP contribution in [0.1, 0.15) is 24.3 Å². The van der Waals surface area contributed by atoms with Crippen LogP contribution in [0.3, 0.4) is 0 Å². The van der Waals surface area contributed by atoms with E-state index in [-0.39, 0.29) is 16.3 Å². The predicted octanol–water partition coefficient (Wildman–Crippen LogP) is 2.77. The Bertz CT molecular complexity index is 1130. The number of aromatic nitrogens is 1. The number of benzene rings is 1. The van der Waals surface area contributed by atoms with Gasteiger partial charge in [-0.25, -0.2) is 18.6 Å². The fourth-order valence-electron chi connectivity index (χ4n) is 2.09. The van der Waals surface area contributed by atoms with Gasteiger partial charge >= 0.3 is 19.5 Å². The van der Waals surface area contributed by atoms with E-state index < -0.39 is 66.1 Å². The lowest BCUT2D eigenvalue weighted by atomic mass is 10.1. The summed E-state index contributed by atoms with van der Waals surface area (Å²) in [6.07, 6.45) is -0.598. The number of nitrogen functional groups attached to an aromatic ring is 1. The van der Waals surface area contributed by atoms with E-state index in [2.05, 4.69) is 10.3 Å². The van der Waals surface area contributed by atoms with E-state index in [1.165, 1.54) is 13.2 Å². The number of methoxy groups -OCH3 is 1. The fourth-order valence-corrected chi connectivity index (χ4v) is 2.92. The van der Waals surface area contributed by atoms with E-state index in [1.807, 2.05) is 13.8 Å². The third-order valence-corrected chi connectivity index (χ3v) is 4.73. The van der Waals surface area contributed by atoms with Crippen LogP contribution in [0.25, 0.3) is 11.3 Å². The van der Waals surface area contributed by atoms with Crippen LogP contribution < -0.4 is 21.5 Å². The normalized spacial score (nSPS) is 10.6. The Hall–Kier alpha value is -2.58. The number of hydrogen-bond acceptors (Lipinski definition) is 8. The lowest BCUT2D eigenvalue weighted by molar-refractivity contribution is -0.135. The highest BCUT2D eigenvalue weighted by molar-refractivity contribution is 7.51. The Balaban J connectivity index is 0.000000729. The van der Waals surface area contributed by atoms with Crippen LogP contribution in [0.4, 0.5) is 14.5 Å².